The minimum absolute atomic E-state index is 0. The number of nitrogens with two attached hydrogens (primary N) is 1. The van der Waals surface area contributed by atoms with Crippen LogP contribution in [0.5, 0.6) is 5.75 Å². The third-order valence-electron chi connectivity index (χ3n) is 4.05. The lowest BCUT2D eigenvalue weighted by molar-refractivity contribution is -0.139. The summed E-state index contributed by atoms with van der Waals surface area (Å²) in [6.07, 6.45) is 1.49. The Morgan fingerprint density at radius 3 is 2.55 bits per heavy atom. The van der Waals surface area contributed by atoms with Crippen LogP contribution in [-0.2, 0) is 4.79 Å². The summed E-state index contributed by atoms with van der Waals surface area (Å²) in [5, 5.41) is 0. The summed E-state index contributed by atoms with van der Waals surface area (Å²) in [4.78, 5) is 14.3. The van der Waals surface area contributed by atoms with Gasteiger partial charge in [-0.3, -0.25) is 4.79 Å². The van der Waals surface area contributed by atoms with Crippen LogP contribution in [0.15, 0.2) is 28.7 Å². The minimum Gasteiger partial charge on any atom is -0.481 e. The first-order valence-corrected chi connectivity index (χ1v) is 8.23. The van der Waals surface area contributed by atoms with Crippen LogP contribution >= 0.6 is 28.3 Å². The molecule has 0 aliphatic carbocycles. The van der Waals surface area contributed by atoms with Gasteiger partial charge < -0.3 is 15.4 Å². The predicted octanol–water partition coefficient (Wildman–Crippen LogP) is 3.22. The van der Waals surface area contributed by atoms with Crippen molar-refractivity contribution in [3.05, 3.63) is 28.7 Å². The molecule has 2 atom stereocenters. The summed E-state index contributed by atoms with van der Waals surface area (Å²) in [6.45, 7) is 5.40. The van der Waals surface area contributed by atoms with E-state index in [2.05, 4.69) is 15.9 Å². The molecule has 1 aromatic rings. The smallest absolute Gasteiger partial charge is 0.263 e. The zero-order valence-corrected chi connectivity index (χ0v) is 15.4. The molecule has 1 aliphatic rings. The fourth-order valence-electron chi connectivity index (χ4n) is 2.70. The second kappa shape index (κ2) is 8.75. The van der Waals surface area contributed by atoms with Gasteiger partial charge in [0.1, 0.15) is 5.75 Å². The largest absolute Gasteiger partial charge is 0.481 e. The van der Waals surface area contributed by atoms with Crippen molar-refractivity contribution in [1.82, 2.24) is 4.90 Å². The average Bonchev–Trinajstić information content (AvgIpc) is 2.46. The molecule has 1 amide bonds. The Bertz CT molecular complexity index is 491. The predicted molar refractivity (Wildman–Crippen MR) is 94.4 cm³/mol. The van der Waals surface area contributed by atoms with Gasteiger partial charge >= 0.3 is 0 Å². The van der Waals surface area contributed by atoms with E-state index in [1.807, 2.05) is 36.1 Å². The number of benzene rings is 1. The van der Waals surface area contributed by atoms with Crippen molar-refractivity contribution in [3.8, 4) is 5.75 Å². The molecule has 2 rings (SSSR count). The van der Waals surface area contributed by atoms with E-state index >= 15 is 0 Å². The van der Waals surface area contributed by atoms with Crippen molar-refractivity contribution in [2.45, 2.75) is 38.8 Å². The molecule has 124 valence electrons. The van der Waals surface area contributed by atoms with E-state index in [0.717, 1.165) is 30.4 Å². The first-order valence-electron chi connectivity index (χ1n) is 7.44. The maximum atomic E-state index is 12.4. The molecule has 22 heavy (non-hydrogen) atoms. The maximum Gasteiger partial charge on any atom is 0.263 e. The molecule has 1 aromatic carbocycles. The van der Waals surface area contributed by atoms with E-state index in [-0.39, 0.29) is 24.4 Å². The van der Waals surface area contributed by atoms with Crippen molar-refractivity contribution in [3.63, 3.8) is 0 Å². The quantitative estimate of drug-likeness (QED) is 0.857. The Morgan fingerprint density at radius 2 is 2.00 bits per heavy atom. The maximum absolute atomic E-state index is 12.4. The number of carbonyl (C=O) groups excluding carboxylic acids is 1. The number of rotatable bonds is 4. The highest BCUT2D eigenvalue weighted by molar-refractivity contribution is 9.10. The van der Waals surface area contributed by atoms with Gasteiger partial charge in [-0.15, -0.1) is 12.4 Å². The van der Waals surface area contributed by atoms with Crippen LogP contribution in [0, 0.1) is 5.92 Å². The lowest BCUT2D eigenvalue weighted by atomic mass is 9.91. The van der Waals surface area contributed by atoms with E-state index in [0.29, 0.717) is 11.7 Å². The summed E-state index contributed by atoms with van der Waals surface area (Å²) in [5.41, 5.74) is 5.93. The fourth-order valence-corrected chi connectivity index (χ4v) is 3.08. The van der Waals surface area contributed by atoms with Crippen LogP contribution in [0.2, 0.25) is 0 Å². The number of piperidine rings is 1. The van der Waals surface area contributed by atoms with Crippen LogP contribution in [0.25, 0.3) is 0 Å². The van der Waals surface area contributed by atoms with Crippen LogP contribution in [-0.4, -0.2) is 36.0 Å². The summed E-state index contributed by atoms with van der Waals surface area (Å²) in [5.74, 6) is 1.28. The highest BCUT2D eigenvalue weighted by Crippen LogP contribution is 2.22. The number of halogens is 2. The molecular formula is C16H24BrClN2O2. The van der Waals surface area contributed by atoms with Gasteiger partial charge in [0.2, 0.25) is 0 Å². The highest BCUT2D eigenvalue weighted by Gasteiger charge is 2.28. The number of amides is 1. The van der Waals surface area contributed by atoms with E-state index in [9.17, 15) is 4.79 Å². The van der Waals surface area contributed by atoms with Crippen molar-refractivity contribution in [1.29, 1.82) is 0 Å². The standard InChI is InChI=1S/C16H23BrN2O2.ClH/c1-11(18)13-6-8-19(9-7-13)16(20)12(2)21-15-5-3-4-14(17)10-15;/h3-5,10-13H,6-9,18H2,1-2H3;1H. The number of likely N-dealkylation sites (tertiary alicyclic amines) is 1. The van der Waals surface area contributed by atoms with Crippen LogP contribution < -0.4 is 10.5 Å². The lowest BCUT2D eigenvalue weighted by Crippen LogP contribution is -2.46. The summed E-state index contributed by atoms with van der Waals surface area (Å²) >= 11 is 3.40. The van der Waals surface area contributed by atoms with Crippen molar-refractivity contribution in [2.75, 3.05) is 13.1 Å². The normalized spacial score (nSPS) is 18.3. The SMILES string of the molecule is CC(Oc1cccc(Br)c1)C(=O)N1CCC(C(C)N)CC1.Cl. The second-order valence-corrected chi connectivity index (χ2v) is 6.65. The van der Waals surface area contributed by atoms with E-state index in [4.69, 9.17) is 10.5 Å². The van der Waals surface area contributed by atoms with Crippen molar-refractivity contribution >= 4 is 34.2 Å². The molecule has 2 unspecified atom stereocenters. The van der Waals surface area contributed by atoms with Gasteiger partial charge in [0.05, 0.1) is 0 Å². The molecule has 0 aromatic heterocycles. The van der Waals surface area contributed by atoms with E-state index < -0.39 is 6.10 Å². The van der Waals surface area contributed by atoms with Crippen molar-refractivity contribution < 1.29 is 9.53 Å². The molecule has 1 saturated heterocycles. The second-order valence-electron chi connectivity index (χ2n) is 5.74. The van der Waals surface area contributed by atoms with Gasteiger partial charge in [-0.25, -0.2) is 0 Å². The molecule has 0 bridgehead atoms. The zero-order chi connectivity index (χ0) is 15.4. The summed E-state index contributed by atoms with van der Waals surface area (Å²) in [6, 6.07) is 7.75. The van der Waals surface area contributed by atoms with Crippen LogP contribution in [0.3, 0.4) is 0 Å². The van der Waals surface area contributed by atoms with Crippen molar-refractivity contribution in [2.24, 2.45) is 11.7 Å². The topological polar surface area (TPSA) is 55.6 Å². The molecular weight excluding hydrogens is 368 g/mol. The Hall–Kier alpha value is -0.780. The monoisotopic (exact) mass is 390 g/mol. The van der Waals surface area contributed by atoms with Crippen LogP contribution in [0.1, 0.15) is 26.7 Å². The molecule has 1 fully saturated rings. The molecule has 4 nitrogen and oxygen atoms in total. The average molecular weight is 392 g/mol. The summed E-state index contributed by atoms with van der Waals surface area (Å²) in [7, 11) is 0. The Kier molecular flexibility index (Phi) is 7.66. The van der Waals surface area contributed by atoms with Gasteiger partial charge in [-0.2, -0.15) is 0 Å². The Morgan fingerprint density at radius 1 is 1.36 bits per heavy atom. The highest BCUT2D eigenvalue weighted by atomic mass is 79.9. The van der Waals surface area contributed by atoms with Crippen LogP contribution in [0.4, 0.5) is 0 Å². The lowest BCUT2D eigenvalue weighted by Gasteiger charge is -2.35. The molecule has 6 heteroatoms. The third-order valence-corrected chi connectivity index (χ3v) is 4.54. The van der Waals surface area contributed by atoms with E-state index in [1.54, 1.807) is 6.92 Å². The van der Waals surface area contributed by atoms with Gasteiger partial charge in [-0.05, 0) is 50.8 Å². The molecule has 1 heterocycles. The third kappa shape index (κ3) is 5.14. The van der Waals surface area contributed by atoms with E-state index in [1.165, 1.54) is 0 Å². The Balaban J connectivity index is 0.00000242. The first-order chi connectivity index (χ1) is 9.97. The fraction of sp³-hybridized carbons (Fsp3) is 0.562. The summed E-state index contributed by atoms with van der Waals surface area (Å²) < 4.78 is 6.68. The number of hydrogen-bond donors (Lipinski definition) is 1. The number of ether oxygens (including phenoxy) is 1. The minimum atomic E-state index is -0.467. The molecule has 0 radical (unpaired) electrons. The van der Waals surface area contributed by atoms with Gasteiger partial charge in [0, 0.05) is 23.6 Å². The van der Waals surface area contributed by atoms with Gasteiger partial charge in [0.25, 0.3) is 5.91 Å². The Labute approximate surface area is 146 Å². The first kappa shape index (κ1) is 19.3. The molecule has 2 N–H and O–H groups in total. The number of nitrogens with zero attached hydrogens (tertiary/aromatic N) is 1. The molecule has 0 saturated carbocycles. The van der Waals surface area contributed by atoms with Gasteiger partial charge in [-0.1, -0.05) is 22.0 Å². The number of carbonyl (C=O) groups is 1. The zero-order valence-electron chi connectivity index (χ0n) is 13.0. The van der Waals surface area contributed by atoms with Gasteiger partial charge in [0.15, 0.2) is 6.10 Å². The molecule has 1 aliphatic heterocycles. The molecule has 0 spiro atoms. The number of hydrogen-bond acceptors (Lipinski definition) is 3.